The minimum atomic E-state index is -0.361. The van der Waals surface area contributed by atoms with Gasteiger partial charge in [-0.05, 0) is 43.2 Å². The average molecular weight is 399 g/mol. The molecule has 8 nitrogen and oxygen atoms in total. The van der Waals surface area contributed by atoms with Gasteiger partial charge in [0.25, 0.3) is 11.8 Å². The van der Waals surface area contributed by atoms with Crippen LogP contribution in [0, 0.1) is 6.92 Å². The number of oxime groups is 1. The van der Waals surface area contributed by atoms with Gasteiger partial charge in [0.1, 0.15) is 19.5 Å². The Bertz CT molecular complexity index is 896. The summed E-state index contributed by atoms with van der Waals surface area (Å²) in [6.07, 6.45) is 0. The van der Waals surface area contributed by atoms with Crippen LogP contribution in [0.5, 0.6) is 5.75 Å². The third kappa shape index (κ3) is 5.79. The molecule has 2 N–H and O–H groups in total. The van der Waals surface area contributed by atoms with Crippen molar-refractivity contribution in [2.45, 2.75) is 20.5 Å². The van der Waals surface area contributed by atoms with E-state index in [2.05, 4.69) is 16.0 Å². The second-order valence-corrected chi connectivity index (χ2v) is 5.99. The van der Waals surface area contributed by atoms with Crippen molar-refractivity contribution in [3.8, 4) is 5.75 Å². The summed E-state index contributed by atoms with van der Waals surface area (Å²) in [7, 11) is 2.91. The smallest absolute Gasteiger partial charge is 0.274 e. The lowest BCUT2D eigenvalue weighted by Gasteiger charge is -2.14. The van der Waals surface area contributed by atoms with Crippen LogP contribution in [-0.2, 0) is 21.1 Å². The van der Waals surface area contributed by atoms with E-state index < -0.39 is 0 Å². The summed E-state index contributed by atoms with van der Waals surface area (Å²) in [5, 5.41) is 6.40. The highest BCUT2D eigenvalue weighted by Gasteiger charge is 2.18. The van der Waals surface area contributed by atoms with E-state index in [1.54, 1.807) is 31.2 Å². The number of aryl methyl sites for hydroxylation is 1. The van der Waals surface area contributed by atoms with Crippen LogP contribution in [-0.4, -0.2) is 38.3 Å². The van der Waals surface area contributed by atoms with E-state index in [0.717, 1.165) is 11.1 Å². The molecular weight excluding hydrogens is 374 g/mol. The Kier molecular flexibility index (Phi) is 8.17. The quantitative estimate of drug-likeness (QED) is 0.498. The molecule has 29 heavy (non-hydrogen) atoms. The lowest BCUT2D eigenvalue weighted by molar-refractivity contribution is -0.114. The van der Waals surface area contributed by atoms with E-state index in [-0.39, 0.29) is 24.1 Å². The van der Waals surface area contributed by atoms with Gasteiger partial charge in [-0.15, -0.1) is 0 Å². The van der Waals surface area contributed by atoms with Gasteiger partial charge in [-0.2, -0.15) is 0 Å². The fraction of sp³-hybridized carbons (Fsp3) is 0.286. The molecule has 0 bridgehead atoms. The van der Waals surface area contributed by atoms with Gasteiger partial charge in [0.2, 0.25) is 0 Å². The second kappa shape index (κ2) is 10.8. The number of likely N-dealkylation sites (N-methyl/N-ethyl adjacent to an activating group) is 1. The normalized spacial score (nSPS) is 11.0. The molecule has 0 aliphatic carbocycles. The Morgan fingerprint density at radius 3 is 2.55 bits per heavy atom. The van der Waals surface area contributed by atoms with Gasteiger partial charge in [-0.1, -0.05) is 29.4 Å². The summed E-state index contributed by atoms with van der Waals surface area (Å²) in [4.78, 5) is 33.9. The SMILES string of the molecule is CCONC(=O)c1ccc(OCc2ccccc2/C(=N\OC)C(=O)NC)c(C)c1. The van der Waals surface area contributed by atoms with Crippen molar-refractivity contribution in [1.29, 1.82) is 0 Å². The van der Waals surface area contributed by atoms with Crippen molar-refractivity contribution in [2.75, 3.05) is 20.8 Å². The van der Waals surface area contributed by atoms with E-state index in [4.69, 9.17) is 14.4 Å². The predicted octanol–water partition coefficient (Wildman–Crippen LogP) is 2.35. The fourth-order valence-corrected chi connectivity index (χ4v) is 2.60. The number of ether oxygens (including phenoxy) is 1. The van der Waals surface area contributed by atoms with E-state index >= 15 is 0 Å². The molecule has 154 valence electrons. The number of amides is 2. The molecule has 0 fully saturated rings. The summed E-state index contributed by atoms with van der Waals surface area (Å²) in [5.74, 6) is -0.0593. The molecule has 0 aliphatic rings. The Morgan fingerprint density at radius 2 is 1.90 bits per heavy atom. The Hall–Kier alpha value is -3.39. The highest BCUT2D eigenvalue weighted by molar-refractivity contribution is 6.45. The molecule has 8 heteroatoms. The number of carbonyl (C=O) groups is 2. The van der Waals surface area contributed by atoms with Gasteiger partial charge >= 0.3 is 0 Å². The highest BCUT2D eigenvalue weighted by atomic mass is 16.6. The summed E-state index contributed by atoms with van der Waals surface area (Å²) in [5.41, 5.74) is 5.16. The van der Waals surface area contributed by atoms with Crippen LogP contribution in [0.15, 0.2) is 47.6 Å². The van der Waals surface area contributed by atoms with Gasteiger partial charge in [-0.25, -0.2) is 5.48 Å². The van der Waals surface area contributed by atoms with Gasteiger partial charge in [0, 0.05) is 18.2 Å². The van der Waals surface area contributed by atoms with Crippen molar-refractivity contribution in [2.24, 2.45) is 5.16 Å². The zero-order valence-electron chi connectivity index (χ0n) is 16.9. The number of hydrogen-bond acceptors (Lipinski definition) is 6. The zero-order chi connectivity index (χ0) is 21.2. The molecule has 0 unspecified atom stereocenters. The number of nitrogens with one attached hydrogen (secondary N) is 2. The summed E-state index contributed by atoms with van der Waals surface area (Å²) >= 11 is 0. The molecule has 0 heterocycles. The van der Waals surface area contributed by atoms with Crippen molar-refractivity contribution in [1.82, 2.24) is 10.8 Å². The predicted molar refractivity (Wildman–Crippen MR) is 109 cm³/mol. The summed E-state index contributed by atoms with van der Waals surface area (Å²) in [6.45, 7) is 4.23. The highest BCUT2D eigenvalue weighted by Crippen LogP contribution is 2.22. The molecule has 0 spiro atoms. The number of hydroxylamine groups is 1. The van der Waals surface area contributed by atoms with Crippen molar-refractivity contribution >= 4 is 17.5 Å². The first kappa shape index (κ1) is 21.9. The molecule has 0 saturated carbocycles. The largest absolute Gasteiger partial charge is 0.489 e. The number of carbonyl (C=O) groups excluding carboxylic acids is 2. The summed E-state index contributed by atoms with van der Waals surface area (Å²) in [6, 6.07) is 12.4. The maximum absolute atomic E-state index is 12.1. The lowest BCUT2D eigenvalue weighted by Crippen LogP contribution is -2.29. The molecule has 0 radical (unpaired) electrons. The molecule has 0 saturated heterocycles. The molecule has 2 aromatic rings. The topological polar surface area (TPSA) is 98.2 Å². The van der Waals surface area contributed by atoms with E-state index in [1.807, 2.05) is 25.1 Å². The minimum absolute atomic E-state index is 0.161. The fourth-order valence-electron chi connectivity index (χ4n) is 2.60. The van der Waals surface area contributed by atoms with Gasteiger partial charge in [0.05, 0.1) is 6.61 Å². The van der Waals surface area contributed by atoms with Crippen molar-refractivity contribution in [3.05, 3.63) is 64.7 Å². The van der Waals surface area contributed by atoms with Gasteiger partial charge < -0.3 is 14.9 Å². The van der Waals surface area contributed by atoms with Crippen LogP contribution in [0.2, 0.25) is 0 Å². The third-order valence-corrected chi connectivity index (χ3v) is 4.03. The van der Waals surface area contributed by atoms with Crippen molar-refractivity contribution in [3.63, 3.8) is 0 Å². The van der Waals surface area contributed by atoms with Gasteiger partial charge in [-0.3, -0.25) is 14.4 Å². The van der Waals surface area contributed by atoms with Crippen LogP contribution < -0.4 is 15.5 Å². The maximum Gasteiger partial charge on any atom is 0.274 e. The van der Waals surface area contributed by atoms with E-state index in [0.29, 0.717) is 23.5 Å². The average Bonchev–Trinajstić information content (AvgIpc) is 2.74. The number of hydrogen-bond donors (Lipinski definition) is 2. The number of benzene rings is 2. The number of rotatable bonds is 9. The molecular formula is C21H25N3O5. The molecule has 2 rings (SSSR count). The Morgan fingerprint density at radius 1 is 1.14 bits per heavy atom. The third-order valence-electron chi connectivity index (χ3n) is 4.03. The first-order valence-electron chi connectivity index (χ1n) is 9.08. The molecule has 0 aliphatic heterocycles. The van der Waals surface area contributed by atoms with Crippen LogP contribution in [0.3, 0.4) is 0 Å². The number of nitrogens with zero attached hydrogens (tertiary/aromatic N) is 1. The first-order chi connectivity index (χ1) is 14.0. The van der Waals surface area contributed by atoms with Crippen LogP contribution in [0.25, 0.3) is 0 Å². The Balaban J connectivity index is 2.19. The minimum Gasteiger partial charge on any atom is -0.489 e. The first-order valence-corrected chi connectivity index (χ1v) is 9.08. The zero-order valence-corrected chi connectivity index (χ0v) is 16.9. The molecule has 0 aromatic heterocycles. The van der Waals surface area contributed by atoms with Crippen LogP contribution >= 0.6 is 0 Å². The Labute approximate surface area is 169 Å². The lowest BCUT2D eigenvalue weighted by atomic mass is 10.0. The molecule has 2 amide bonds. The monoisotopic (exact) mass is 399 g/mol. The molecule has 2 aromatic carbocycles. The maximum atomic E-state index is 12.1. The van der Waals surface area contributed by atoms with Crippen molar-refractivity contribution < 1.29 is 24.0 Å². The van der Waals surface area contributed by atoms with E-state index in [1.165, 1.54) is 14.2 Å². The second-order valence-electron chi connectivity index (χ2n) is 5.99. The van der Waals surface area contributed by atoms with E-state index in [9.17, 15) is 9.59 Å². The standard InChI is InChI=1S/C21H25N3O5/c1-5-29-24-20(25)15-10-11-18(14(2)12-15)28-13-16-8-6-7-9-17(16)19(23-27-4)21(26)22-3/h6-12H,5,13H2,1-4H3,(H,22,26)(H,24,25)/b23-19+. The van der Waals surface area contributed by atoms with Gasteiger partial charge in [0.15, 0.2) is 5.71 Å². The summed E-state index contributed by atoms with van der Waals surface area (Å²) < 4.78 is 5.93. The molecule has 0 atom stereocenters. The van der Waals surface area contributed by atoms with Crippen LogP contribution in [0.4, 0.5) is 0 Å². The van der Waals surface area contributed by atoms with Crippen LogP contribution in [0.1, 0.15) is 34.0 Å².